The van der Waals surface area contributed by atoms with Crippen molar-refractivity contribution in [3.8, 4) is 6.07 Å². The van der Waals surface area contributed by atoms with E-state index < -0.39 is 0 Å². The predicted octanol–water partition coefficient (Wildman–Crippen LogP) is 2.59. The topological polar surface area (TPSA) is 56.4 Å². The van der Waals surface area contributed by atoms with Gasteiger partial charge in [-0.25, -0.2) is 0 Å². The van der Waals surface area contributed by atoms with Crippen molar-refractivity contribution in [1.82, 2.24) is 0 Å². The molecule has 0 heterocycles. The molecule has 5 heteroatoms. The van der Waals surface area contributed by atoms with Gasteiger partial charge in [0.1, 0.15) is 6.07 Å². The minimum atomic E-state index is -0.0635. The second kappa shape index (κ2) is 4.13. The van der Waals surface area contributed by atoms with E-state index in [9.17, 15) is 0 Å². The first-order valence-electron chi connectivity index (χ1n) is 3.26. The van der Waals surface area contributed by atoms with Gasteiger partial charge in [-0.05, 0) is 12.1 Å². The van der Waals surface area contributed by atoms with Crippen LogP contribution in [0.4, 0.5) is 0 Å². The first kappa shape index (κ1) is 9.85. The molecule has 0 saturated heterocycles. The summed E-state index contributed by atoms with van der Waals surface area (Å²) >= 11 is 11.2. The summed E-state index contributed by atoms with van der Waals surface area (Å²) in [5.41, 5.74) is 0.820. The molecule has 0 aliphatic carbocycles. The zero-order valence-corrected chi connectivity index (χ0v) is 7.84. The summed E-state index contributed by atoms with van der Waals surface area (Å²) in [5.74, 6) is 0. The molecule has 0 bridgehead atoms. The summed E-state index contributed by atoms with van der Waals surface area (Å²) in [6.07, 6.45) is 0. The van der Waals surface area contributed by atoms with Crippen LogP contribution in [-0.2, 0) is 0 Å². The molecule has 1 N–H and O–H groups in total. The van der Waals surface area contributed by atoms with Crippen molar-refractivity contribution in [2.45, 2.75) is 0 Å². The molecule has 1 rings (SSSR count). The van der Waals surface area contributed by atoms with Gasteiger partial charge in [-0.15, -0.1) is 0 Å². The normalized spacial score (nSPS) is 11.0. The number of nitrogens with zero attached hydrogens (tertiary/aromatic N) is 2. The fourth-order valence-corrected chi connectivity index (χ4v) is 1.13. The average molecular weight is 215 g/mol. The Balaban J connectivity index is 3.19. The number of nitriles is 1. The predicted molar refractivity (Wildman–Crippen MR) is 50.3 cm³/mol. The molecular formula is C8H4Cl2N2O. The van der Waals surface area contributed by atoms with Crippen LogP contribution < -0.4 is 0 Å². The van der Waals surface area contributed by atoms with Crippen molar-refractivity contribution in [3.05, 3.63) is 34.3 Å². The molecule has 1 aromatic rings. The minimum absolute atomic E-state index is 0.0635. The maximum Gasteiger partial charge on any atom is 0.175 e. The Labute approximate surface area is 84.8 Å². The molecule has 0 aliphatic rings. The molecule has 0 saturated carbocycles. The minimum Gasteiger partial charge on any atom is -0.410 e. The fourth-order valence-electron chi connectivity index (χ4n) is 0.792. The van der Waals surface area contributed by atoms with Crippen LogP contribution in [0.2, 0.25) is 5.02 Å². The molecule has 0 amide bonds. The van der Waals surface area contributed by atoms with Gasteiger partial charge >= 0.3 is 0 Å². The second-order valence-corrected chi connectivity index (χ2v) is 2.96. The lowest BCUT2D eigenvalue weighted by Crippen LogP contribution is -1.91. The lowest BCUT2D eigenvalue weighted by molar-refractivity contribution is 0.321. The Morgan fingerprint density at radius 3 is 2.69 bits per heavy atom. The van der Waals surface area contributed by atoms with Crippen LogP contribution in [0.15, 0.2) is 23.4 Å². The van der Waals surface area contributed by atoms with E-state index in [1.165, 1.54) is 12.1 Å². The molecule has 0 unspecified atom stereocenters. The van der Waals surface area contributed by atoms with Gasteiger partial charge in [0.15, 0.2) is 5.17 Å². The van der Waals surface area contributed by atoms with E-state index in [1.807, 2.05) is 6.07 Å². The first-order chi connectivity index (χ1) is 6.19. The van der Waals surface area contributed by atoms with Gasteiger partial charge in [0.05, 0.1) is 10.6 Å². The van der Waals surface area contributed by atoms with E-state index in [0.717, 1.165) is 0 Å². The van der Waals surface area contributed by atoms with Crippen molar-refractivity contribution in [2.24, 2.45) is 5.16 Å². The first-order valence-corrected chi connectivity index (χ1v) is 4.02. The van der Waals surface area contributed by atoms with Gasteiger partial charge in [0.2, 0.25) is 0 Å². The Hall–Kier alpha value is -1.24. The number of hydrogen-bond donors (Lipinski definition) is 1. The van der Waals surface area contributed by atoms with E-state index in [4.69, 9.17) is 33.7 Å². The van der Waals surface area contributed by atoms with Crippen molar-refractivity contribution in [2.75, 3.05) is 0 Å². The highest BCUT2D eigenvalue weighted by atomic mass is 35.5. The van der Waals surface area contributed by atoms with Crippen molar-refractivity contribution >= 4 is 28.4 Å². The summed E-state index contributed by atoms with van der Waals surface area (Å²) in [6, 6.07) is 6.42. The molecule has 0 aliphatic heterocycles. The van der Waals surface area contributed by atoms with Gasteiger partial charge in [0.25, 0.3) is 0 Å². The van der Waals surface area contributed by atoms with Crippen LogP contribution in [0.3, 0.4) is 0 Å². The smallest absolute Gasteiger partial charge is 0.175 e. The van der Waals surface area contributed by atoms with E-state index in [-0.39, 0.29) is 10.2 Å². The highest BCUT2D eigenvalue weighted by Crippen LogP contribution is 2.18. The summed E-state index contributed by atoms with van der Waals surface area (Å²) in [5, 5.41) is 19.9. The van der Waals surface area contributed by atoms with Crippen molar-refractivity contribution < 1.29 is 5.21 Å². The van der Waals surface area contributed by atoms with Crippen molar-refractivity contribution in [1.29, 1.82) is 5.26 Å². The monoisotopic (exact) mass is 214 g/mol. The third kappa shape index (κ3) is 2.11. The maximum atomic E-state index is 8.56. The summed E-state index contributed by atoms with van der Waals surface area (Å²) in [7, 11) is 0. The van der Waals surface area contributed by atoms with Gasteiger partial charge in [0, 0.05) is 5.56 Å². The number of benzene rings is 1. The Bertz CT molecular complexity index is 396. The average Bonchev–Trinajstić information content (AvgIpc) is 2.16. The molecule has 1 aromatic carbocycles. The summed E-state index contributed by atoms with van der Waals surface area (Å²) < 4.78 is 0. The molecule has 3 nitrogen and oxygen atoms in total. The quantitative estimate of drug-likeness (QED) is 0.444. The highest BCUT2D eigenvalue weighted by Gasteiger charge is 2.04. The third-order valence-corrected chi connectivity index (χ3v) is 2.02. The van der Waals surface area contributed by atoms with Gasteiger partial charge in [-0.3, -0.25) is 0 Å². The number of hydrogen-bond acceptors (Lipinski definition) is 3. The molecule has 0 spiro atoms. The molecule has 13 heavy (non-hydrogen) atoms. The molecule has 0 atom stereocenters. The van der Waals surface area contributed by atoms with E-state index in [2.05, 4.69) is 5.16 Å². The van der Waals surface area contributed by atoms with Crippen LogP contribution in [0.25, 0.3) is 0 Å². The fraction of sp³-hybridized carbons (Fsp3) is 0. The van der Waals surface area contributed by atoms with Gasteiger partial charge in [-0.1, -0.05) is 34.4 Å². The Morgan fingerprint density at radius 2 is 2.23 bits per heavy atom. The number of oxime groups is 1. The molecule has 0 aromatic heterocycles. The lowest BCUT2D eigenvalue weighted by atomic mass is 10.1. The number of halogens is 2. The SMILES string of the molecule is N#Cc1ccc(/C(Cl)=N\O)cc1Cl. The molecule has 0 fully saturated rings. The Kier molecular flexibility index (Phi) is 3.13. The van der Waals surface area contributed by atoms with Crippen molar-refractivity contribution in [3.63, 3.8) is 0 Å². The van der Waals surface area contributed by atoms with Crippen LogP contribution in [0, 0.1) is 11.3 Å². The zero-order chi connectivity index (χ0) is 9.84. The zero-order valence-electron chi connectivity index (χ0n) is 6.33. The van der Waals surface area contributed by atoms with E-state index in [0.29, 0.717) is 11.1 Å². The highest BCUT2D eigenvalue weighted by molar-refractivity contribution is 6.69. The Morgan fingerprint density at radius 1 is 1.54 bits per heavy atom. The molecular weight excluding hydrogens is 211 g/mol. The van der Waals surface area contributed by atoms with Crippen LogP contribution in [0.5, 0.6) is 0 Å². The standard InChI is InChI=1S/C8H4Cl2N2O/c9-7-3-5(8(10)12-13)1-2-6(7)4-11/h1-3,13H/b12-8+. The molecule has 66 valence electrons. The largest absolute Gasteiger partial charge is 0.410 e. The second-order valence-electron chi connectivity index (χ2n) is 2.20. The van der Waals surface area contributed by atoms with E-state index in [1.54, 1.807) is 6.07 Å². The summed E-state index contributed by atoms with van der Waals surface area (Å²) in [6.45, 7) is 0. The maximum absolute atomic E-state index is 8.56. The molecule has 0 radical (unpaired) electrons. The van der Waals surface area contributed by atoms with Crippen LogP contribution in [0.1, 0.15) is 11.1 Å². The number of rotatable bonds is 1. The van der Waals surface area contributed by atoms with Gasteiger partial charge in [-0.2, -0.15) is 5.26 Å². The third-order valence-electron chi connectivity index (χ3n) is 1.42. The van der Waals surface area contributed by atoms with Gasteiger partial charge < -0.3 is 5.21 Å². The van der Waals surface area contributed by atoms with Crippen LogP contribution in [-0.4, -0.2) is 10.4 Å². The summed E-state index contributed by atoms with van der Waals surface area (Å²) in [4.78, 5) is 0. The van der Waals surface area contributed by atoms with Crippen LogP contribution >= 0.6 is 23.2 Å². The van der Waals surface area contributed by atoms with E-state index >= 15 is 0 Å². The lowest BCUT2D eigenvalue weighted by Gasteiger charge is -1.98.